The van der Waals surface area contributed by atoms with Crippen LogP contribution in [0.3, 0.4) is 0 Å². The van der Waals surface area contributed by atoms with Crippen LogP contribution in [0.2, 0.25) is 0 Å². The number of hydrogen-bond acceptors (Lipinski definition) is 3. The van der Waals surface area contributed by atoms with Crippen molar-refractivity contribution in [3.05, 3.63) is 101 Å². The Balaban J connectivity index is 1.82. The van der Waals surface area contributed by atoms with Gasteiger partial charge in [-0.2, -0.15) is 0 Å². The Morgan fingerprint density at radius 1 is 0.889 bits per heavy atom. The van der Waals surface area contributed by atoms with Crippen molar-refractivity contribution < 1.29 is 14.6 Å². The number of ether oxygens (including phenoxy) is 1. The molecule has 1 aliphatic carbocycles. The third kappa shape index (κ3) is 3.10. The van der Waals surface area contributed by atoms with E-state index in [-0.39, 0.29) is 17.1 Å². The van der Waals surface area contributed by atoms with Gasteiger partial charge in [0.1, 0.15) is 5.75 Å². The molecule has 0 saturated carbocycles. The number of fused-ring (bicyclic) bond motifs is 1. The Kier molecular flexibility index (Phi) is 4.44. The van der Waals surface area contributed by atoms with Crippen molar-refractivity contribution in [3.8, 4) is 5.75 Å². The maximum Gasteiger partial charge on any atom is 0.337 e. The molecule has 1 atom stereocenters. The van der Waals surface area contributed by atoms with Crippen LogP contribution in [0.5, 0.6) is 5.75 Å². The zero-order valence-electron chi connectivity index (χ0n) is 15.3. The van der Waals surface area contributed by atoms with Gasteiger partial charge in [-0.1, -0.05) is 48.5 Å². The topological polar surface area (TPSA) is 46.5 Å². The number of carbonyl (C=O) groups excluding carboxylic acids is 1. The summed E-state index contributed by atoms with van der Waals surface area (Å²) in [5, 5.41) is 9.74. The number of hydrogen-bond donors (Lipinski definition) is 1. The molecule has 0 aliphatic heterocycles. The van der Waals surface area contributed by atoms with E-state index in [1.807, 2.05) is 36.4 Å². The molecule has 1 aliphatic rings. The molecule has 1 unspecified atom stereocenters. The second kappa shape index (κ2) is 6.92. The van der Waals surface area contributed by atoms with Crippen LogP contribution in [-0.4, -0.2) is 18.2 Å². The molecule has 0 bridgehead atoms. The second-order valence-corrected chi connectivity index (χ2v) is 7.14. The van der Waals surface area contributed by atoms with Gasteiger partial charge in [0.05, 0.1) is 12.7 Å². The predicted octanol–water partition coefficient (Wildman–Crippen LogP) is 4.65. The first-order chi connectivity index (χ1) is 13.1. The number of aromatic hydroxyl groups is 1. The van der Waals surface area contributed by atoms with E-state index in [2.05, 4.69) is 24.3 Å². The van der Waals surface area contributed by atoms with Crippen LogP contribution >= 0.6 is 0 Å². The molecule has 0 fully saturated rings. The van der Waals surface area contributed by atoms with E-state index >= 15 is 0 Å². The van der Waals surface area contributed by atoms with Crippen LogP contribution < -0.4 is 0 Å². The fourth-order valence-corrected chi connectivity index (χ4v) is 4.22. The second-order valence-electron chi connectivity index (χ2n) is 7.14. The van der Waals surface area contributed by atoms with Gasteiger partial charge >= 0.3 is 5.97 Å². The Labute approximate surface area is 159 Å². The largest absolute Gasteiger partial charge is 0.508 e. The third-order valence-corrected chi connectivity index (χ3v) is 5.71. The number of aryl methyl sites for hydroxylation is 1. The molecule has 0 aromatic heterocycles. The molecule has 3 heteroatoms. The highest BCUT2D eigenvalue weighted by Gasteiger charge is 2.37. The molecule has 0 radical (unpaired) electrons. The fourth-order valence-electron chi connectivity index (χ4n) is 4.22. The first kappa shape index (κ1) is 17.3. The van der Waals surface area contributed by atoms with Crippen molar-refractivity contribution >= 4 is 5.97 Å². The lowest BCUT2D eigenvalue weighted by Crippen LogP contribution is -2.34. The van der Waals surface area contributed by atoms with E-state index < -0.39 is 0 Å². The average molecular weight is 358 g/mol. The van der Waals surface area contributed by atoms with Crippen LogP contribution in [-0.2, 0) is 23.0 Å². The van der Waals surface area contributed by atoms with E-state index in [0.717, 1.165) is 19.3 Å². The minimum Gasteiger partial charge on any atom is -0.508 e. The lowest BCUT2D eigenvalue weighted by Gasteiger charge is -2.39. The van der Waals surface area contributed by atoms with Crippen molar-refractivity contribution in [1.82, 2.24) is 0 Å². The number of phenolic OH excluding ortho intramolecular Hbond substituents is 1. The minimum atomic E-state index is -0.325. The average Bonchev–Trinajstić information content (AvgIpc) is 2.73. The number of esters is 1. The highest BCUT2D eigenvalue weighted by molar-refractivity contribution is 5.89. The summed E-state index contributed by atoms with van der Waals surface area (Å²) in [5.74, 6) is -0.0552. The van der Waals surface area contributed by atoms with Crippen molar-refractivity contribution in [2.75, 3.05) is 7.11 Å². The summed E-state index contributed by atoms with van der Waals surface area (Å²) in [6.45, 7) is 0. The lowest BCUT2D eigenvalue weighted by molar-refractivity contribution is 0.0600. The number of benzene rings is 3. The molecule has 136 valence electrons. The normalized spacial score (nSPS) is 18.6. The summed E-state index contributed by atoms with van der Waals surface area (Å²) in [4.78, 5) is 11.8. The van der Waals surface area contributed by atoms with E-state index in [4.69, 9.17) is 4.74 Å². The first-order valence-corrected chi connectivity index (χ1v) is 9.17. The summed E-state index contributed by atoms with van der Waals surface area (Å²) in [5.41, 5.74) is 5.48. The molecule has 27 heavy (non-hydrogen) atoms. The summed E-state index contributed by atoms with van der Waals surface area (Å²) >= 11 is 0. The van der Waals surface area contributed by atoms with Crippen molar-refractivity contribution in [2.24, 2.45) is 0 Å². The van der Waals surface area contributed by atoms with Crippen LogP contribution in [0.4, 0.5) is 0 Å². The SMILES string of the molecule is COC(=O)c1ccc(C2(c3ccc(O)cc3)CCc3ccccc3C2)cc1. The van der Waals surface area contributed by atoms with Crippen LogP contribution in [0.25, 0.3) is 0 Å². The van der Waals surface area contributed by atoms with Crippen molar-refractivity contribution in [1.29, 1.82) is 0 Å². The molecular formula is C24H22O3. The summed E-state index contributed by atoms with van der Waals surface area (Å²) in [7, 11) is 1.40. The summed E-state index contributed by atoms with van der Waals surface area (Å²) in [6.07, 6.45) is 2.87. The van der Waals surface area contributed by atoms with E-state index in [1.54, 1.807) is 12.1 Å². The Morgan fingerprint density at radius 2 is 1.48 bits per heavy atom. The monoisotopic (exact) mass is 358 g/mol. The van der Waals surface area contributed by atoms with Gasteiger partial charge in [-0.05, 0) is 65.8 Å². The maximum atomic E-state index is 11.8. The molecule has 3 aromatic rings. The molecule has 3 aromatic carbocycles. The van der Waals surface area contributed by atoms with Crippen molar-refractivity contribution in [3.63, 3.8) is 0 Å². The quantitative estimate of drug-likeness (QED) is 0.693. The minimum absolute atomic E-state index is 0.184. The van der Waals surface area contributed by atoms with Gasteiger partial charge < -0.3 is 9.84 Å². The maximum absolute atomic E-state index is 11.8. The van der Waals surface area contributed by atoms with Gasteiger partial charge in [-0.3, -0.25) is 0 Å². The summed E-state index contributed by atoms with van der Waals surface area (Å²) in [6, 6.07) is 23.9. The molecule has 0 spiro atoms. The smallest absolute Gasteiger partial charge is 0.337 e. The first-order valence-electron chi connectivity index (χ1n) is 9.17. The van der Waals surface area contributed by atoms with Gasteiger partial charge in [-0.25, -0.2) is 4.79 Å². The van der Waals surface area contributed by atoms with E-state index in [0.29, 0.717) is 5.56 Å². The third-order valence-electron chi connectivity index (χ3n) is 5.71. The van der Waals surface area contributed by atoms with Gasteiger partial charge in [-0.15, -0.1) is 0 Å². The summed E-state index contributed by atoms with van der Waals surface area (Å²) < 4.78 is 4.82. The Morgan fingerprint density at radius 3 is 2.11 bits per heavy atom. The van der Waals surface area contributed by atoms with Gasteiger partial charge in [0, 0.05) is 5.41 Å². The van der Waals surface area contributed by atoms with Crippen LogP contribution in [0.15, 0.2) is 72.8 Å². The van der Waals surface area contributed by atoms with Gasteiger partial charge in [0.2, 0.25) is 0 Å². The Hall–Kier alpha value is -3.07. The van der Waals surface area contributed by atoms with Gasteiger partial charge in [0.15, 0.2) is 0 Å². The number of methoxy groups -OCH3 is 1. The number of carbonyl (C=O) groups is 1. The fraction of sp³-hybridized carbons (Fsp3) is 0.208. The highest BCUT2D eigenvalue weighted by atomic mass is 16.5. The van der Waals surface area contributed by atoms with Crippen molar-refractivity contribution in [2.45, 2.75) is 24.7 Å². The van der Waals surface area contributed by atoms with E-state index in [1.165, 1.54) is 29.4 Å². The predicted molar refractivity (Wildman–Crippen MR) is 105 cm³/mol. The molecular weight excluding hydrogens is 336 g/mol. The highest BCUT2D eigenvalue weighted by Crippen LogP contribution is 2.44. The zero-order chi connectivity index (χ0) is 18.9. The molecule has 4 rings (SSSR count). The zero-order valence-corrected chi connectivity index (χ0v) is 15.3. The molecule has 3 nitrogen and oxygen atoms in total. The number of rotatable bonds is 3. The Bertz CT molecular complexity index is 958. The number of phenols is 1. The molecule has 0 heterocycles. The van der Waals surface area contributed by atoms with Crippen LogP contribution in [0, 0.1) is 0 Å². The van der Waals surface area contributed by atoms with Crippen LogP contribution in [0.1, 0.15) is 39.0 Å². The molecule has 0 saturated heterocycles. The van der Waals surface area contributed by atoms with Gasteiger partial charge in [0.25, 0.3) is 0 Å². The molecule has 0 amide bonds. The standard InChI is InChI=1S/C24H22O3/c1-27-23(26)18-6-8-20(9-7-18)24(21-10-12-22(25)13-11-21)15-14-17-4-2-3-5-19(17)16-24/h2-13,25H,14-16H2,1H3. The lowest BCUT2D eigenvalue weighted by atomic mass is 9.64. The molecule has 1 N–H and O–H groups in total. The van der Waals surface area contributed by atoms with E-state index in [9.17, 15) is 9.90 Å².